The van der Waals surface area contributed by atoms with Crippen molar-refractivity contribution in [1.82, 2.24) is 15.3 Å². The van der Waals surface area contributed by atoms with Crippen LogP contribution in [0.4, 0.5) is 14.6 Å². The van der Waals surface area contributed by atoms with E-state index in [-0.39, 0.29) is 23.7 Å². The van der Waals surface area contributed by atoms with Gasteiger partial charge >= 0.3 is 5.97 Å². The molecule has 3 aromatic rings. The van der Waals surface area contributed by atoms with Gasteiger partial charge in [-0.1, -0.05) is 30.3 Å². The highest BCUT2D eigenvalue weighted by atomic mass is 19.3. The third-order valence-electron chi connectivity index (χ3n) is 5.58. The first-order chi connectivity index (χ1) is 16.1. The van der Waals surface area contributed by atoms with Crippen molar-refractivity contribution in [2.75, 3.05) is 25.0 Å². The third kappa shape index (κ3) is 6.01. The summed E-state index contributed by atoms with van der Waals surface area (Å²) in [5.74, 6) is -1.01. The van der Waals surface area contributed by atoms with E-state index in [2.05, 4.69) is 37.7 Å². The molecule has 1 aliphatic rings. The van der Waals surface area contributed by atoms with E-state index in [1.165, 1.54) is 17.8 Å². The molecule has 33 heavy (non-hydrogen) atoms. The first-order valence-corrected chi connectivity index (χ1v) is 10.7. The molecule has 0 amide bonds. The average Bonchev–Trinajstić information content (AvgIpc) is 2.85. The Morgan fingerprint density at radius 3 is 2.88 bits per heavy atom. The molecule has 0 spiro atoms. The van der Waals surface area contributed by atoms with Crippen molar-refractivity contribution in [3.8, 4) is 5.88 Å². The standard InChI is InChI=1S/C24H24F2N4O3/c25-19-12-21-20(30-14-19)11-18(13-29-21)24(17-4-2-1-3-5-17)28-9-7-16-6-8-27-22(10-16)32-15-23(31)33-26/h1-6,8,10,12,14,18,24,28-29H,7,9,11,13,15H2/t18-,24-/m1/s1. The predicted molar refractivity (Wildman–Crippen MR) is 118 cm³/mol. The summed E-state index contributed by atoms with van der Waals surface area (Å²) in [7, 11) is 0. The summed E-state index contributed by atoms with van der Waals surface area (Å²) >= 11 is 0. The zero-order valence-electron chi connectivity index (χ0n) is 17.8. The van der Waals surface area contributed by atoms with Gasteiger partial charge in [0.1, 0.15) is 5.82 Å². The van der Waals surface area contributed by atoms with Crippen molar-refractivity contribution in [1.29, 1.82) is 0 Å². The molecule has 1 aromatic carbocycles. The Balaban J connectivity index is 1.41. The van der Waals surface area contributed by atoms with Crippen LogP contribution in [0.15, 0.2) is 60.9 Å². The molecule has 7 nitrogen and oxygen atoms in total. The van der Waals surface area contributed by atoms with E-state index in [1.807, 2.05) is 24.3 Å². The number of carbonyl (C=O) groups is 1. The first kappa shape index (κ1) is 22.6. The van der Waals surface area contributed by atoms with Gasteiger partial charge in [-0.2, -0.15) is 0 Å². The summed E-state index contributed by atoms with van der Waals surface area (Å²) in [6, 6.07) is 15.3. The van der Waals surface area contributed by atoms with E-state index in [4.69, 9.17) is 4.74 Å². The number of nitrogens with one attached hydrogen (secondary N) is 2. The summed E-state index contributed by atoms with van der Waals surface area (Å²) in [4.78, 5) is 22.3. The van der Waals surface area contributed by atoms with Crippen LogP contribution in [0.25, 0.3) is 0 Å². The second kappa shape index (κ2) is 10.8. The van der Waals surface area contributed by atoms with Crippen molar-refractivity contribution in [3.63, 3.8) is 0 Å². The van der Waals surface area contributed by atoms with Crippen LogP contribution in [0.3, 0.4) is 0 Å². The van der Waals surface area contributed by atoms with Crippen LogP contribution in [0.1, 0.15) is 22.9 Å². The maximum Gasteiger partial charge on any atom is 0.385 e. The first-order valence-electron chi connectivity index (χ1n) is 10.7. The van der Waals surface area contributed by atoms with Gasteiger partial charge in [0, 0.05) is 41.4 Å². The monoisotopic (exact) mass is 454 g/mol. The Kier molecular flexibility index (Phi) is 7.41. The molecule has 2 atom stereocenters. The maximum absolute atomic E-state index is 13.5. The van der Waals surface area contributed by atoms with Crippen molar-refractivity contribution >= 4 is 11.7 Å². The van der Waals surface area contributed by atoms with Crippen molar-refractivity contribution in [2.45, 2.75) is 18.9 Å². The molecule has 0 bridgehead atoms. The highest BCUT2D eigenvalue weighted by Crippen LogP contribution is 2.31. The van der Waals surface area contributed by atoms with Gasteiger partial charge in [0.25, 0.3) is 0 Å². The van der Waals surface area contributed by atoms with Gasteiger partial charge in [0.05, 0.1) is 17.6 Å². The smallest absolute Gasteiger partial charge is 0.385 e. The second-order valence-electron chi connectivity index (χ2n) is 7.83. The molecule has 172 valence electrons. The molecule has 0 radical (unpaired) electrons. The van der Waals surface area contributed by atoms with Gasteiger partial charge in [0.2, 0.25) is 5.88 Å². The maximum atomic E-state index is 13.5. The number of nitrogens with zero attached hydrogens (tertiary/aromatic N) is 2. The Bertz CT molecular complexity index is 1080. The summed E-state index contributed by atoms with van der Waals surface area (Å²) in [5.41, 5.74) is 3.73. The number of hydrogen-bond acceptors (Lipinski definition) is 7. The lowest BCUT2D eigenvalue weighted by atomic mass is 9.86. The van der Waals surface area contributed by atoms with Crippen molar-refractivity contribution in [3.05, 3.63) is 83.6 Å². The van der Waals surface area contributed by atoms with Gasteiger partial charge in [-0.25, -0.2) is 14.2 Å². The highest BCUT2D eigenvalue weighted by molar-refractivity contribution is 5.70. The molecule has 1 aliphatic heterocycles. The van der Waals surface area contributed by atoms with Gasteiger partial charge < -0.3 is 15.4 Å². The molecule has 0 fully saturated rings. The lowest BCUT2D eigenvalue weighted by Gasteiger charge is -2.33. The molecule has 3 heterocycles. The molecule has 0 saturated heterocycles. The predicted octanol–water partition coefficient (Wildman–Crippen LogP) is 3.58. The van der Waals surface area contributed by atoms with Crippen LogP contribution in [0.5, 0.6) is 5.88 Å². The number of benzene rings is 1. The SMILES string of the molecule is O=C(COc1cc(CCN[C@H](c2ccccc2)[C@H]2CNc3cc(F)cnc3C2)ccn1)OF. The lowest BCUT2D eigenvalue weighted by molar-refractivity contribution is -0.186. The molecule has 4 rings (SSSR count). The number of halogens is 2. The van der Waals surface area contributed by atoms with Crippen LogP contribution in [0.2, 0.25) is 0 Å². The van der Waals surface area contributed by atoms with E-state index in [1.54, 1.807) is 12.3 Å². The summed E-state index contributed by atoms with van der Waals surface area (Å²) in [5, 5.41) is 6.96. The van der Waals surface area contributed by atoms with Crippen LogP contribution in [-0.2, 0) is 22.6 Å². The fourth-order valence-corrected chi connectivity index (χ4v) is 4.01. The van der Waals surface area contributed by atoms with Gasteiger partial charge in [-0.15, -0.1) is 0 Å². The number of pyridine rings is 2. The van der Waals surface area contributed by atoms with E-state index in [9.17, 15) is 13.7 Å². The van der Waals surface area contributed by atoms with Gasteiger partial charge in [-0.3, -0.25) is 9.93 Å². The van der Waals surface area contributed by atoms with Crippen molar-refractivity contribution < 1.29 is 23.4 Å². The van der Waals surface area contributed by atoms with Crippen LogP contribution >= 0.6 is 0 Å². The quantitative estimate of drug-likeness (QED) is 0.511. The van der Waals surface area contributed by atoms with Gasteiger partial charge in [-0.05, 0) is 36.6 Å². The van der Waals surface area contributed by atoms with E-state index >= 15 is 0 Å². The molecule has 2 aromatic heterocycles. The molecular weight excluding hydrogens is 430 g/mol. The number of anilines is 1. The molecule has 2 N–H and O–H groups in total. The number of aromatic nitrogens is 2. The van der Waals surface area contributed by atoms with Crippen LogP contribution in [0, 0.1) is 11.7 Å². The fraction of sp³-hybridized carbons (Fsp3) is 0.292. The zero-order chi connectivity index (χ0) is 23.0. The minimum atomic E-state index is -1.12. The van der Waals surface area contributed by atoms with Gasteiger partial charge in [0.15, 0.2) is 6.61 Å². The normalized spacial score (nSPS) is 15.8. The number of hydrogen-bond donors (Lipinski definition) is 2. The third-order valence-corrected chi connectivity index (χ3v) is 5.58. The Morgan fingerprint density at radius 2 is 2.06 bits per heavy atom. The molecule has 9 heteroatoms. The molecular formula is C24H24F2N4O3. The summed E-state index contributed by atoms with van der Waals surface area (Å²) < 4.78 is 30.5. The van der Waals surface area contributed by atoms with Crippen LogP contribution in [-0.4, -0.2) is 35.6 Å². The number of rotatable bonds is 9. The molecule has 0 saturated carbocycles. The largest absolute Gasteiger partial charge is 0.465 e. The lowest BCUT2D eigenvalue weighted by Crippen LogP contribution is -2.37. The van der Waals surface area contributed by atoms with E-state index in [0.29, 0.717) is 19.5 Å². The fourth-order valence-electron chi connectivity index (χ4n) is 4.01. The van der Waals surface area contributed by atoms with E-state index in [0.717, 1.165) is 23.4 Å². The Morgan fingerprint density at radius 1 is 1.21 bits per heavy atom. The molecule has 0 aliphatic carbocycles. The average molecular weight is 454 g/mol. The number of ether oxygens (including phenoxy) is 1. The topological polar surface area (TPSA) is 85.4 Å². The number of fused-ring (bicyclic) bond motifs is 1. The Hall–Kier alpha value is -3.59. The highest BCUT2D eigenvalue weighted by Gasteiger charge is 2.28. The Labute approximate surface area is 190 Å². The minimum absolute atomic E-state index is 0.0654. The second-order valence-corrected chi connectivity index (χ2v) is 7.83. The van der Waals surface area contributed by atoms with E-state index < -0.39 is 12.6 Å². The zero-order valence-corrected chi connectivity index (χ0v) is 17.8. The summed E-state index contributed by atoms with van der Waals surface area (Å²) in [6.07, 6.45) is 4.25. The van der Waals surface area contributed by atoms with Crippen LogP contribution < -0.4 is 15.4 Å². The summed E-state index contributed by atoms with van der Waals surface area (Å²) in [6.45, 7) is 0.827. The van der Waals surface area contributed by atoms with Crippen molar-refractivity contribution in [2.24, 2.45) is 5.92 Å². The molecule has 0 unspecified atom stereocenters. The minimum Gasteiger partial charge on any atom is -0.465 e. The number of carbonyl (C=O) groups excluding carboxylic acids is 1.